The van der Waals surface area contributed by atoms with E-state index < -0.39 is 0 Å². The molecule has 0 saturated carbocycles. The molecule has 1 aliphatic rings. The van der Waals surface area contributed by atoms with Crippen molar-refractivity contribution in [3.63, 3.8) is 0 Å². The van der Waals surface area contributed by atoms with Crippen molar-refractivity contribution >= 4 is 35.6 Å². The molecular formula is C15H22ClN3O2. The van der Waals surface area contributed by atoms with Crippen molar-refractivity contribution in [2.24, 2.45) is 0 Å². The summed E-state index contributed by atoms with van der Waals surface area (Å²) in [7, 11) is 0. The zero-order valence-corrected chi connectivity index (χ0v) is 13.0. The highest BCUT2D eigenvalue weighted by Crippen LogP contribution is 2.15. The van der Waals surface area contributed by atoms with E-state index in [0.29, 0.717) is 18.9 Å². The zero-order chi connectivity index (χ0) is 14.4. The minimum atomic E-state index is -0.0194. The van der Waals surface area contributed by atoms with E-state index in [1.807, 2.05) is 0 Å². The minimum Gasteiger partial charge on any atom is -0.326 e. The molecule has 1 unspecified atom stereocenters. The molecular weight excluding hydrogens is 290 g/mol. The fourth-order valence-electron chi connectivity index (χ4n) is 2.25. The molecule has 3 N–H and O–H groups in total. The standard InChI is InChI=1S/C15H21N3O2.ClH/c1-2-14(19)17-11-5-7-12(8-6-11)18-15(20)10-13-4-3-9-16-13;/h5-8,13,16H,2-4,9-10H2,1H3,(H,17,19)(H,18,20);1H. The second-order valence-electron chi connectivity index (χ2n) is 5.02. The van der Waals surface area contributed by atoms with Crippen LogP contribution in [0.25, 0.3) is 0 Å². The molecule has 2 amide bonds. The van der Waals surface area contributed by atoms with Crippen LogP contribution in [0.1, 0.15) is 32.6 Å². The third kappa shape index (κ3) is 5.73. The van der Waals surface area contributed by atoms with E-state index in [9.17, 15) is 9.59 Å². The molecule has 1 fully saturated rings. The number of anilines is 2. The highest BCUT2D eigenvalue weighted by atomic mass is 35.5. The third-order valence-electron chi connectivity index (χ3n) is 3.37. The smallest absolute Gasteiger partial charge is 0.225 e. The summed E-state index contributed by atoms with van der Waals surface area (Å²) in [6.07, 6.45) is 3.17. The lowest BCUT2D eigenvalue weighted by atomic mass is 10.1. The van der Waals surface area contributed by atoms with Crippen molar-refractivity contribution < 1.29 is 9.59 Å². The van der Waals surface area contributed by atoms with E-state index >= 15 is 0 Å². The summed E-state index contributed by atoms with van der Waals surface area (Å²) in [4.78, 5) is 23.1. The van der Waals surface area contributed by atoms with Crippen molar-refractivity contribution in [2.45, 2.75) is 38.6 Å². The summed E-state index contributed by atoms with van der Waals surface area (Å²) >= 11 is 0. The van der Waals surface area contributed by atoms with Crippen LogP contribution in [0.5, 0.6) is 0 Å². The van der Waals surface area contributed by atoms with Crippen LogP contribution in [0.15, 0.2) is 24.3 Å². The van der Waals surface area contributed by atoms with Crippen LogP contribution in [-0.4, -0.2) is 24.4 Å². The maximum absolute atomic E-state index is 11.9. The van der Waals surface area contributed by atoms with Gasteiger partial charge >= 0.3 is 0 Å². The van der Waals surface area contributed by atoms with Gasteiger partial charge in [-0.3, -0.25) is 9.59 Å². The summed E-state index contributed by atoms with van der Waals surface area (Å²) < 4.78 is 0. The largest absolute Gasteiger partial charge is 0.326 e. The van der Waals surface area contributed by atoms with Crippen LogP contribution >= 0.6 is 12.4 Å². The molecule has 1 heterocycles. The maximum atomic E-state index is 11.9. The Morgan fingerprint density at radius 2 is 1.71 bits per heavy atom. The highest BCUT2D eigenvalue weighted by molar-refractivity contribution is 5.93. The predicted molar refractivity (Wildman–Crippen MR) is 86.9 cm³/mol. The second-order valence-corrected chi connectivity index (χ2v) is 5.02. The molecule has 21 heavy (non-hydrogen) atoms. The third-order valence-corrected chi connectivity index (χ3v) is 3.37. The van der Waals surface area contributed by atoms with E-state index in [-0.39, 0.29) is 24.2 Å². The number of carbonyl (C=O) groups is 2. The van der Waals surface area contributed by atoms with Gasteiger partial charge in [0.05, 0.1) is 0 Å². The van der Waals surface area contributed by atoms with Gasteiger partial charge in [-0.15, -0.1) is 12.4 Å². The van der Waals surface area contributed by atoms with Gasteiger partial charge < -0.3 is 16.0 Å². The summed E-state index contributed by atoms with van der Waals surface area (Å²) in [5.74, 6) is 0.00355. The first-order valence-electron chi connectivity index (χ1n) is 7.10. The van der Waals surface area contributed by atoms with Crippen LogP contribution in [0.4, 0.5) is 11.4 Å². The van der Waals surface area contributed by atoms with Crippen LogP contribution in [0, 0.1) is 0 Å². The average molecular weight is 312 g/mol. The Kier molecular flexibility index (Phi) is 7.19. The van der Waals surface area contributed by atoms with Gasteiger partial charge in [0.15, 0.2) is 0 Å². The molecule has 0 radical (unpaired) electrons. The molecule has 0 aliphatic carbocycles. The molecule has 1 atom stereocenters. The molecule has 1 aromatic rings. The Morgan fingerprint density at radius 3 is 2.19 bits per heavy atom. The van der Waals surface area contributed by atoms with Crippen molar-refractivity contribution in [3.05, 3.63) is 24.3 Å². The number of amides is 2. The number of rotatable bonds is 5. The monoisotopic (exact) mass is 311 g/mol. The fourth-order valence-corrected chi connectivity index (χ4v) is 2.25. The first-order chi connectivity index (χ1) is 9.67. The molecule has 0 aromatic heterocycles. The number of benzene rings is 1. The lowest BCUT2D eigenvalue weighted by Gasteiger charge is -2.11. The SMILES string of the molecule is CCC(=O)Nc1ccc(NC(=O)CC2CCCN2)cc1.Cl. The summed E-state index contributed by atoms with van der Waals surface area (Å²) in [5.41, 5.74) is 1.50. The van der Waals surface area contributed by atoms with E-state index in [0.717, 1.165) is 30.8 Å². The van der Waals surface area contributed by atoms with Crippen LogP contribution in [0.2, 0.25) is 0 Å². The van der Waals surface area contributed by atoms with Crippen LogP contribution in [-0.2, 0) is 9.59 Å². The average Bonchev–Trinajstić information content (AvgIpc) is 2.93. The van der Waals surface area contributed by atoms with Gasteiger partial charge in [-0.25, -0.2) is 0 Å². The molecule has 116 valence electrons. The maximum Gasteiger partial charge on any atom is 0.225 e. The molecule has 0 bridgehead atoms. The molecule has 1 saturated heterocycles. The number of halogens is 1. The Bertz CT molecular complexity index is 470. The molecule has 5 nitrogen and oxygen atoms in total. The van der Waals surface area contributed by atoms with Crippen molar-refractivity contribution in [3.8, 4) is 0 Å². The van der Waals surface area contributed by atoms with Gasteiger partial charge in [0, 0.05) is 30.3 Å². The van der Waals surface area contributed by atoms with Gasteiger partial charge in [-0.05, 0) is 43.7 Å². The van der Waals surface area contributed by atoms with E-state index in [1.54, 1.807) is 31.2 Å². The Labute approximate surface area is 131 Å². The molecule has 1 aromatic carbocycles. The summed E-state index contributed by atoms with van der Waals surface area (Å²) in [6.45, 7) is 2.81. The van der Waals surface area contributed by atoms with Crippen molar-refractivity contribution in [1.82, 2.24) is 5.32 Å². The Hall–Kier alpha value is -1.59. The number of carbonyl (C=O) groups excluding carboxylic acids is 2. The topological polar surface area (TPSA) is 70.2 Å². The normalized spacial score (nSPS) is 16.9. The summed E-state index contributed by atoms with van der Waals surface area (Å²) in [6, 6.07) is 7.47. The number of hydrogen-bond donors (Lipinski definition) is 3. The van der Waals surface area contributed by atoms with E-state index in [2.05, 4.69) is 16.0 Å². The fraction of sp³-hybridized carbons (Fsp3) is 0.467. The molecule has 2 rings (SSSR count). The molecule has 0 spiro atoms. The Morgan fingerprint density at radius 1 is 1.14 bits per heavy atom. The first-order valence-corrected chi connectivity index (χ1v) is 7.10. The summed E-state index contributed by atoms with van der Waals surface area (Å²) in [5, 5.41) is 8.94. The van der Waals surface area contributed by atoms with Crippen LogP contribution in [0.3, 0.4) is 0 Å². The van der Waals surface area contributed by atoms with Crippen molar-refractivity contribution in [2.75, 3.05) is 17.2 Å². The van der Waals surface area contributed by atoms with Crippen molar-refractivity contribution in [1.29, 1.82) is 0 Å². The first kappa shape index (κ1) is 17.5. The van der Waals surface area contributed by atoms with E-state index in [1.165, 1.54) is 0 Å². The van der Waals surface area contributed by atoms with Gasteiger partial charge in [-0.1, -0.05) is 6.92 Å². The van der Waals surface area contributed by atoms with Gasteiger partial charge in [0.25, 0.3) is 0 Å². The quantitative estimate of drug-likeness (QED) is 0.782. The second kappa shape index (κ2) is 8.64. The Balaban J connectivity index is 0.00000220. The molecule has 6 heteroatoms. The van der Waals surface area contributed by atoms with Gasteiger partial charge in [0.2, 0.25) is 11.8 Å². The predicted octanol–water partition coefficient (Wildman–Crippen LogP) is 2.54. The van der Waals surface area contributed by atoms with Gasteiger partial charge in [-0.2, -0.15) is 0 Å². The van der Waals surface area contributed by atoms with Gasteiger partial charge in [0.1, 0.15) is 0 Å². The molecule has 1 aliphatic heterocycles. The zero-order valence-electron chi connectivity index (χ0n) is 12.1. The highest BCUT2D eigenvalue weighted by Gasteiger charge is 2.17. The minimum absolute atomic E-state index is 0. The lowest BCUT2D eigenvalue weighted by Crippen LogP contribution is -2.27. The number of hydrogen-bond acceptors (Lipinski definition) is 3. The van der Waals surface area contributed by atoms with Crippen LogP contribution < -0.4 is 16.0 Å². The number of nitrogens with one attached hydrogen (secondary N) is 3. The van der Waals surface area contributed by atoms with E-state index in [4.69, 9.17) is 0 Å². The lowest BCUT2D eigenvalue weighted by molar-refractivity contribution is -0.117.